The van der Waals surface area contributed by atoms with E-state index in [2.05, 4.69) is 26.9 Å². The second kappa shape index (κ2) is 9.70. The van der Waals surface area contributed by atoms with Crippen molar-refractivity contribution in [1.82, 2.24) is 10.3 Å². The molecule has 1 heterocycles. The van der Waals surface area contributed by atoms with E-state index in [1.54, 1.807) is 39.1 Å². The predicted octanol–water partition coefficient (Wildman–Crippen LogP) is 2.31. The topological polar surface area (TPSA) is 77.5 Å². The second-order valence-electron chi connectivity index (χ2n) is 5.44. The van der Waals surface area contributed by atoms with Crippen LogP contribution in [0.3, 0.4) is 0 Å². The van der Waals surface area contributed by atoms with Gasteiger partial charge in [-0.1, -0.05) is 12.0 Å². The van der Waals surface area contributed by atoms with Crippen LogP contribution < -0.4 is 5.32 Å². The molecule has 0 fully saturated rings. The average Bonchev–Trinajstić information content (AvgIpc) is 2.44. The van der Waals surface area contributed by atoms with Crippen LogP contribution >= 0.6 is 12.4 Å². The lowest BCUT2D eigenvalue weighted by Crippen LogP contribution is -2.43. The van der Waals surface area contributed by atoms with E-state index < -0.39 is 23.7 Å². The fraction of sp³-hybridized carbons (Fsp3) is 0.438. The van der Waals surface area contributed by atoms with Gasteiger partial charge in [-0.3, -0.25) is 0 Å². The molecule has 0 aliphatic carbocycles. The van der Waals surface area contributed by atoms with Crippen molar-refractivity contribution in [3.63, 3.8) is 0 Å². The predicted molar refractivity (Wildman–Crippen MR) is 88.2 cm³/mol. The first-order valence-electron chi connectivity index (χ1n) is 6.79. The molecule has 1 atom stereocenters. The zero-order valence-corrected chi connectivity index (χ0v) is 14.4. The van der Waals surface area contributed by atoms with E-state index in [1.165, 1.54) is 7.11 Å². The van der Waals surface area contributed by atoms with Gasteiger partial charge >= 0.3 is 12.1 Å². The number of rotatable bonds is 3. The molecule has 126 valence electrons. The number of nitrogens with one attached hydrogen (secondary N) is 1. The largest absolute Gasteiger partial charge is 0.467 e. The van der Waals surface area contributed by atoms with Gasteiger partial charge in [0, 0.05) is 12.6 Å². The van der Waals surface area contributed by atoms with E-state index in [0.717, 1.165) is 0 Å². The standard InChI is InChI=1S/C16H20N2O4.ClH/c1-16(2,3)22-15(20)18-13(14(19)21-4)10-7-9-12-8-5-6-11-17-12;/h5-6,8,11,13H,10H2,1-4H3,(H,18,20);1H/t13-;/m0./s1. The van der Waals surface area contributed by atoms with Gasteiger partial charge in [-0.05, 0) is 38.8 Å². The lowest BCUT2D eigenvalue weighted by Gasteiger charge is -2.21. The van der Waals surface area contributed by atoms with Crippen LogP contribution in [-0.4, -0.2) is 35.8 Å². The lowest BCUT2D eigenvalue weighted by molar-refractivity contribution is -0.143. The number of hydrogen-bond acceptors (Lipinski definition) is 5. The highest BCUT2D eigenvalue weighted by Crippen LogP contribution is 2.07. The summed E-state index contributed by atoms with van der Waals surface area (Å²) < 4.78 is 9.76. The molecule has 0 spiro atoms. The molecule has 0 saturated heterocycles. The molecular weight excluding hydrogens is 320 g/mol. The van der Waals surface area contributed by atoms with Crippen molar-refractivity contribution in [1.29, 1.82) is 0 Å². The number of carbonyl (C=O) groups is 2. The van der Waals surface area contributed by atoms with Crippen molar-refractivity contribution < 1.29 is 19.1 Å². The number of hydrogen-bond donors (Lipinski definition) is 1. The maximum atomic E-state index is 11.7. The molecule has 0 unspecified atom stereocenters. The minimum absolute atomic E-state index is 0. The van der Waals surface area contributed by atoms with E-state index in [4.69, 9.17) is 4.74 Å². The smallest absolute Gasteiger partial charge is 0.408 e. The molecule has 1 rings (SSSR count). The van der Waals surface area contributed by atoms with Crippen LogP contribution in [0.15, 0.2) is 24.4 Å². The fourth-order valence-electron chi connectivity index (χ4n) is 1.47. The Kier molecular flexibility index (Phi) is 8.74. The Bertz CT molecular complexity index is 573. The van der Waals surface area contributed by atoms with Gasteiger partial charge in [0.15, 0.2) is 0 Å². The molecule has 0 aliphatic heterocycles. The number of alkyl carbamates (subject to hydrolysis) is 1. The molecule has 1 aromatic rings. The quantitative estimate of drug-likeness (QED) is 0.675. The first-order valence-corrected chi connectivity index (χ1v) is 6.79. The molecule has 23 heavy (non-hydrogen) atoms. The third-order valence-corrected chi connectivity index (χ3v) is 2.36. The van der Waals surface area contributed by atoms with Crippen LogP contribution in [-0.2, 0) is 14.3 Å². The number of halogens is 1. The number of pyridine rings is 1. The Morgan fingerprint density at radius 3 is 2.57 bits per heavy atom. The maximum absolute atomic E-state index is 11.7. The van der Waals surface area contributed by atoms with Crippen molar-refractivity contribution in [2.75, 3.05) is 7.11 Å². The average molecular weight is 341 g/mol. The molecule has 1 aromatic heterocycles. The van der Waals surface area contributed by atoms with Gasteiger partial charge in [-0.25, -0.2) is 14.6 Å². The van der Waals surface area contributed by atoms with Crippen LogP contribution in [0.5, 0.6) is 0 Å². The molecular formula is C16H21ClN2O4. The summed E-state index contributed by atoms with van der Waals surface area (Å²) in [6, 6.07) is 4.46. The summed E-state index contributed by atoms with van der Waals surface area (Å²) in [5.74, 6) is 5.03. The van der Waals surface area contributed by atoms with Gasteiger partial charge in [-0.2, -0.15) is 0 Å². The molecule has 0 aliphatic rings. The molecule has 0 bridgehead atoms. The van der Waals surface area contributed by atoms with Gasteiger partial charge in [0.05, 0.1) is 7.11 Å². The SMILES string of the molecule is COC(=O)[C@H](CC#Cc1ccccn1)NC(=O)OC(C)(C)C.Cl. The van der Waals surface area contributed by atoms with Crippen molar-refractivity contribution in [2.45, 2.75) is 38.8 Å². The van der Waals surface area contributed by atoms with Crippen LogP contribution in [0.25, 0.3) is 0 Å². The number of esters is 1. The monoisotopic (exact) mass is 340 g/mol. The van der Waals surface area contributed by atoms with E-state index >= 15 is 0 Å². The lowest BCUT2D eigenvalue weighted by atomic mass is 10.2. The fourth-order valence-corrected chi connectivity index (χ4v) is 1.47. The third-order valence-electron chi connectivity index (χ3n) is 2.36. The zero-order valence-electron chi connectivity index (χ0n) is 13.6. The number of nitrogens with zero attached hydrogens (tertiary/aromatic N) is 1. The summed E-state index contributed by atoms with van der Waals surface area (Å²) in [7, 11) is 1.25. The highest BCUT2D eigenvalue weighted by atomic mass is 35.5. The highest BCUT2D eigenvalue weighted by molar-refractivity contribution is 5.85. The number of ether oxygens (including phenoxy) is 2. The van der Waals surface area contributed by atoms with E-state index in [1.807, 2.05) is 6.07 Å². The number of methoxy groups -OCH3 is 1. The van der Waals surface area contributed by atoms with Gasteiger partial charge in [-0.15, -0.1) is 12.4 Å². The summed E-state index contributed by atoms with van der Waals surface area (Å²) in [4.78, 5) is 27.4. The number of carbonyl (C=O) groups excluding carboxylic acids is 2. The van der Waals surface area contributed by atoms with Gasteiger partial charge in [0.1, 0.15) is 17.3 Å². The van der Waals surface area contributed by atoms with E-state index in [9.17, 15) is 9.59 Å². The van der Waals surface area contributed by atoms with Crippen LogP contribution in [0, 0.1) is 11.8 Å². The van der Waals surface area contributed by atoms with Gasteiger partial charge in [0.25, 0.3) is 0 Å². The first-order chi connectivity index (χ1) is 10.3. The maximum Gasteiger partial charge on any atom is 0.408 e. The Morgan fingerprint density at radius 1 is 1.35 bits per heavy atom. The second-order valence-corrected chi connectivity index (χ2v) is 5.44. The summed E-state index contributed by atoms with van der Waals surface area (Å²) >= 11 is 0. The Labute approximate surface area is 142 Å². The number of amides is 1. The molecule has 7 heteroatoms. The normalized spacial score (nSPS) is 11.1. The molecule has 0 aromatic carbocycles. The molecule has 6 nitrogen and oxygen atoms in total. The summed E-state index contributed by atoms with van der Waals surface area (Å²) in [5.41, 5.74) is -0.0620. The van der Waals surface area contributed by atoms with Crippen molar-refractivity contribution in [3.8, 4) is 11.8 Å². The Morgan fingerprint density at radius 2 is 2.04 bits per heavy atom. The van der Waals surface area contributed by atoms with Crippen molar-refractivity contribution in [3.05, 3.63) is 30.1 Å². The Hall–Kier alpha value is -2.26. The van der Waals surface area contributed by atoms with Crippen molar-refractivity contribution in [2.24, 2.45) is 0 Å². The highest BCUT2D eigenvalue weighted by Gasteiger charge is 2.24. The van der Waals surface area contributed by atoms with E-state index in [-0.39, 0.29) is 18.8 Å². The molecule has 0 radical (unpaired) electrons. The number of aromatic nitrogens is 1. The third kappa shape index (κ3) is 8.69. The summed E-state index contributed by atoms with van der Waals surface area (Å²) in [5, 5.41) is 2.45. The van der Waals surface area contributed by atoms with Gasteiger partial charge < -0.3 is 14.8 Å². The van der Waals surface area contributed by atoms with Crippen LogP contribution in [0.4, 0.5) is 4.79 Å². The molecule has 0 saturated carbocycles. The minimum Gasteiger partial charge on any atom is -0.467 e. The first kappa shape index (κ1) is 20.7. The molecule has 1 amide bonds. The van der Waals surface area contributed by atoms with Crippen molar-refractivity contribution >= 4 is 24.5 Å². The molecule has 1 N–H and O–H groups in total. The summed E-state index contributed by atoms with van der Waals surface area (Å²) in [6.45, 7) is 5.21. The van der Waals surface area contributed by atoms with E-state index in [0.29, 0.717) is 5.69 Å². The van der Waals surface area contributed by atoms with Gasteiger partial charge in [0.2, 0.25) is 0 Å². The minimum atomic E-state index is -0.893. The summed E-state index contributed by atoms with van der Waals surface area (Å²) in [6.07, 6.45) is 1.03. The zero-order chi connectivity index (χ0) is 16.6. The van der Waals surface area contributed by atoms with Crippen LogP contribution in [0.1, 0.15) is 32.9 Å². The Balaban J connectivity index is 0.00000484. The van der Waals surface area contributed by atoms with Crippen LogP contribution in [0.2, 0.25) is 0 Å².